The van der Waals surface area contributed by atoms with Crippen LogP contribution in [-0.4, -0.2) is 11.5 Å². The average molecular weight is 270 g/mol. The second kappa shape index (κ2) is 6.65. The molecular formula is C13H20F2N4. The van der Waals surface area contributed by atoms with Crippen molar-refractivity contribution in [2.45, 2.75) is 38.5 Å². The summed E-state index contributed by atoms with van der Waals surface area (Å²) in [4.78, 5) is 3.76. The summed E-state index contributed by atoms with van der Waals surface area (Å²) >= 11 is 0. The molecule has 0 aromatic carbocycles. The molecule has 1 aliphatic rings. The third-order valence-electron chi connectivity index (χ3n) is 3.62. The van der Waals surface area contributed by atoms with Crippen LogP contribution in [0.4, 0.5) is 20.4 Å². The molecule has 1 fully saturated rings. The molecule has 4 nitrogen and oxygen atoms in total. The quantitative estimate of drug-likeness (QED) is 0.422. The lowest BCUT2D eigenvalue weighted by molar-refractivity contribution is 0.490. The summed E-state index contributed by atoms with van der Waals surface area (Å²) in [5, 5.41) is 2.89. The lowest BCUT2D eigenvalue weighted by Crippen LogP contribution is -2.14. The van der Waals surface area contributed by atoms with Crippen LogP contribution in [0.15, 0.2) is 6.07 Å². The van der Waals surface area contributed by atoms with E-state index in [2.05, 4.69) is 15.7 Å². The number of nitrogen functional groups attached to an aromatic ring is 1. The highest BCUT2D eigenvalue weighted by Crippen LogP contribution is 2.28. The minimum absolute atomic E-state index is 0.0424. The molecule has 6 heteroatoms. The Morgan fingerprint density at radius 2 is 1.89 bits per heavy atom. The van der Waals surface area contributed by atoms with Crippen molar-refractivity contribution in [3.05, 3.63) is 17.7 Å². The molecule has 0 bridgehead atoms. The van der Waals surface area contributed by atoms with Crippen molar-refractivity contribution < 1.29 is 8.78 Å². The maximum atomic E-state index is 13.5. The maximum absolute atomic E-state index is 13.5. The van der Waals surface area contributed by atoms with E-state index in [1.165, 1.54) is 25.7 Å². The molecule has 1 aromatic heterocycles. The zero-order chi connectivity index (χ0) is 13.7. The Kier molecular flexibility index (Phi) is 4.90. The van der Waals surface area contributed by atoms with Crippen LogP contribution in [0.5, 0.6) is 0 Å². The summed E-state index contributed by atoms with van der Waals surface area (Å²) in [7, 11) is 0. The van der Waals surface area contributed by atoms with Crippen molar-refractivity contribution >= 4 is 11.6 Å². The summed E-state index contributed by atoms with van der Waals surface area (Å²) in [5.74, 6) is 4.32. The van der Waals surface area contributed by atoms with Gasteiger partial charge in [0, 0.05) is 12.6 Å². The highest BCUT2D eigenvalue weighted by atomic mass is 19.1. The summed E-state index contributed by atoms with van der Waals surface area (Å²) in [6.07, 6.45) is 7.40. The Hall–Kier alpha value is -1.43. The number of nitrogens with zero attached hydrogens (tertiary/aromatic N) is 1. The smallest absolute Gasteiger partial charge is 0.178 e. The zero-order valence-electron chi connectivity index (χ0n) is 10.9. The average Bonchev–Trinajstić information content (AvgIpc) is 2.90. The molecule has 0 radical (unpaired) electrons. The first-order valence-corrected chi connectivity index (χ1v) is 6.77. The van der Waals surface area contributed by atoms with Crippen molar-refractivity contribution in [1.82, 2.24) is 4.98 Å². The maximum Gasteiger partial charge on any atom is 0.178 e. The van der Waals surface area contributed by atoms with Gasteiger partial charge in [-0.2, -0.15) is 0 Å². The lowest BCUT2D eigenvalue weighted by atomic mass is 10.0. The van der Waals surface area contributed by atoms with Gasteiger partial charge in [0.25, 0.3) is 0 Å². The van der Waals surface area contributed by atoms with Gasteiger partial charge in [-0.15, -0.1) is 0 Å². The van der Waals surface area contributed by atoms with Crippen molar-refractivity contribution in [2.24, 2.45) is 11.8 Å². The molecule has 19 heavy (non-hydrogen) atoms. The molecule has 0 saturated heterocycles. The van der Waals surface area contributed by atoms with Gasteiger partial charge in [-0.3, -0.25) is 0 Å². The molecular weight excluding hydrogens is 250 g/mol. The molecule has 0 atom stereocenters. The van der Waals surface area contributed by atoms with Gasteiger partial charge in [-0.25, -0.2) is 19.6 Å². The SMILES string of the molecule is NNc1nc(NCCCC2CCCC2)c(F)cc1F. The monoisotopic (exact) mass is 270 g/mol. The number of nitrogens with one attached hydrogen (secondary N) is 2. The summed E-state index contributed by atoms with van der Waals surface area (Å²) in [5.41, 5.74) is 2.11. The van der Waals surface area contributed by atoms with Crippen molar-refractivity contribution in [3.63, 3.8) is 0 Å². The lowest BCUT2D eigenvalue weighted by Gasteiger charge is -2.11. The van der Waals surface area contributed by atoms with Crippen molar-refractivity contribution in [3.8, 4) is 0 Å². The first-order chi connectivity index (χ1) is 9.20. The fourth-order valence-electron chi connectivity index (χ4n) is 2.59. The molecule has 0 aliphatic heterocycles. The fourth-order valence-corrected chi connectivity index (χ4v) is 2.59. The Balaban J connectivity index is 1.81. The molecule has 1 heterocycles. The van der Waals surface area contributed by atoms with Crippen LogP contribution in [0.25, 0.3) is 0 Å². The standard InChI is InChI=1S/C13H20F2N4/c14-10-8-11(15)13(19-16)18-12(10)17-7-3-6-9-4-1-2-5-9/h8-9H,1-7,16H2,(H2,17,18,19). The first kappa shape index (κ1) is 14.0. The van der Waals surface area contributed by atoms with Gasteiger partial charge in [-0.1, -0.05) is 25.7 Å². The van der Waals surface area contributed by atoms with E-state index in [9.17, 15) is 8.78 Å². The summed E-state index contributed by atoms with van der Waals surface area (Å²) < 4.78 is 26.6. The van der Waals surface area contributed by atoms with Crippen LogP contribution in [0.2, 0.25) is 0 Å². The molecule has 0 spiro atoms. The van der Waals surface area contributed by atoms with Crippen LogP contribution < -0.4 is 16.6 Å². The molecule has 106 valence electrons. The number of hydrazine groups is 1. The van der Waals surface area contributed by atoms with E-state index < -0.39 is 11.6 Å². The normalized spacial score (nSPS) is 15.7. The molecule has 4 N–H and O–H groups in total. The third-order valence-corrected chi connectivity index (χ3v) is 3.62. The molecule has 1 saturated carbocycles. The summed E-state index contributed by atoms with van der Waals surface area (Å²) in [6, 6.07) is 0.779. The number of halogens is 2. The van der Waals surface area contributed by atoms with E-state index in [4.69, 9.17) is 5.84 Å². The highest BCUT2D eigenvalue weighted by Gasteiger charge is 2.14. The van der Waals surface area contributed by atoms with E-state index in [0.29, 0.717) is 6.54 Å². The minimum atomic E-state index is -0.795. The number of nitrogens with two attached hydrogens (primary N) is 1. The van der Waals surface area contributed by atoms with Gasteiger partial charge < -0.3 is 10.7 Å². The zero-order valence-corrected chi connectivity index (χ0v) is 10.9. The fraction of sp³-hybridized carbons (Fsp3) is 0.615. The third kappa shape index (κ3) is 3.76. The van der Waals surface area contributed by atoms with E-state index >= 15 is 0 Å². The predicted octanol–water partition coefficient (Wildman–Crippen LogP) is 3.03. The van der Waals surface area contributed by atoms with Gasteiger partial charge in [0.1, 0.15) is 0 Å². The van der Waals surface area contributed by atoms with Crippen LogP contribution >= 0.6 is 0 Å². The molecule has 0 amide bonds. The molecule has 1 aliphatic carbocycles. The van der Waals surface area contributed by atoms with Crippen molar-refractivity contribution in [2.75, 3.05) is 17.3 Å². The number of aromatic nitrogens is 1. The van der Waals surface area contributed by atoms with E-state index in [1.54, 1.807) is 0 Å². The van der Waals surface area contributed by atoms with Gasteiger partial charge in [-0.05, 0) is 18.8 Å². The number of hydrogen-bond donors (Lipinski definition) is 3. The molecule has 2 rings (SSSR count). The first-order valence-electron chi connectivity index (χ1n) is 6.77. The van der Waals surface area contributed by atoms with Crippen LogP contribution in [0, 0.1) is 17.6 Å². The second-order valence-corrected chi connectivity index (χ2v) is 5.01. The Morgan fingerprint density at radius 3 is 2.58 bits per heavy atom. The second-order valence-electron chi connectivity index (χ2n) is 5.01. The number of rotatable bonds is 6. The Bertz CT molecular complexity index is 419. The summed E-state index contributed by atoms with van der Waals surface area (Å²) in [6.45, 7) is 0.635. The highest BCUT2D eigenvalue weighted by molar-refractivity contribution is 5.46. The van der Waals surface area contributed by atoms with Gasteiger partial charge >= 0.3 is 0 Å². The predicted molar refractivity (Wildman–Crippen MR) is 71.6 cm³/mol. The minimum Gasteiger partial charge on any atom is -0.368 e. The van der Waals surface area contributed by atoms with Gasteiger partial charge in [0.2, 0.25) is 0 Å². The number of hydrogen-bond acceptors (Lipinski definition) is 4. The Labute approximate surface area is 111 Å². The van der Waals surface area contributed by atoms with E-state index in [-0.39, 0.29) is 11.6 Å². The van der Waals surface area contributed by atoms with E-state index in [1.807, 2.05) is 0 Å². The van der Waals surface area contributed by atoms with Gasteiger partial charge in [0.15, 0.2) is 23.3 Å². The number of anilines is 2. The van der Waals surface area contributed by atoms with Crippen LogP contribution in [-0.2, 0) is 0 Å². The van der Waals surface area contributed by atoms with Crippen LogP contribution in [0.1, 0.15) is 38.5 Å². The topological polar surface area (TPSA) is 63.0 Å². The molecule has 0 unspecified atom stereocenters. The van der Waals surface area contributed by atoms with E-state index in [0.717, 1.165) is 24.8 Å². The number of pyridine rings is 1. The Morgan fingerprint density at radius 1 is 1.21 bits per heavy atom. The van der Waals surface area contributed by atoms with Crippen molar-refractivity contribution in [1.29, 1.82) is 0 Å². The van der Waals surface area contributed by atoms with Gasteiger partial charge in [0.05, 0.1) is 0 Å². The van der Waals surface area contributed by atoms with Crippen LogP contribution in [0.3, 0.4) is 0 Å². The molecule has 1 aromatic rings. The largest absolute Gasteiger partial charge is 0.368 e.